The molecule has 1 aromatic heterocycles. The van der Waals surface area contributed by atoms with Crippen molar-refractivity contribution in [3.05, 3.63) is 16.4 Å². The summed E-state index contributed by atoms with van der Waals surface area (Å²) in [5.74, 6) is -3.28. The minimum Gasteiger partial charge on any atom is -0.384 e. The summed E-state index contributed by atoms with van der Waals surface area (Å²) >= 11 is 0. The Morgan fingerprint density at radius 2 is 2.15 bits per heavy atom. The molecule has 1 N–H and O–H groups in total. The molecule has 0 aliphatic rings. The van der Waals surface area contributed by atoms with Gasteiger partial charge in [0.05, 0.1) is 6.07 Å². The standard InChI is InChI=1S/C5H2F3NO4/c6-5(7,8)4(11)12-3-1-2(10)9-13-3/h1H,(H,9,10). The van der Waals surface area contributed by atoms with Crippen LogP contribution in [0.5, 0.6) is 5.95 Å². The summed E-state index contributed by atoms with van der Waals surface area (Å²) in [5.41, 5.74) is -0.801. The molecular formula is C5H2F3NO4. The van der Waals surface area contributed by atoms with Gasteiger partial charge in [0.2, 0.25) is 0 Å². The fourth-order valence-corrected chi connectivity index (χ4v) is 0.466. The van der Waals surface area contributed by atoms with Crippen molar-refractivity contribution >= 4 is 5.97 Å². The van der Waals surface area contributed by atoms with E-state index in [-0.39, 0.29) is 0 Å². The van der Waals surface area contributed by atoms with E-state index >= 15 is 0 Å². The van der Waals surface area contributed by atoms with Gasteiger partial charge < -0.3 is 9.26 Å². The number of ether oxygens (including phenoxy) is 1. The summed E-state index contributed by atoms with van der Waals surface area (Å²) in [6, 6.07) is 0.573. The van der Waals surface area contributed by atoms with E-state index in [9.17, 15) is 22.8 Å². The van der Waals surface area contributed by atoms with Gasteiger partial charge in [-0.1, -0.05) is 0 Å². The van der Waals surface area contributed by atoms with Crippen molar-refractivity contribution in [2.24, 2.45) is 0 Å². The molecule has 8 heteroatoms. The van der Waals surface area contributed by atoms with Crippen molar-refractivity contribution < 1.29 is 27.2 Å². The quantitative estimate of drug-likeness (QED) is 0.662. The molecule has 0 radical (unpaired) electrons. The van der Waals surface area contributed by atoms with E-state index in [1.165, 1.54) is 0 Å². The normalized spacial score (nSPS) is 11.3. The number of hydrogen-bond acceptors (Lipinski definition) is 4. The first-order valence-electron chi connectivity index (χ1n) is 2.87. The first kappa shape index (κ1) is 9.36. The van der Waals surface area contributed by atoms with Gasteiger partial charge >= 0.3 is 18.1 Å². The zero-order chi connectivity index (χ0) is 10.1. The average molecular weight is 197 g/mol. The third-order valence-electron chi connectivity index (χ3n) is 0.926. The molecule has 5 nitrogen and oxygen atoms in total. The number of alkyl halides is 3. The summed E-state index contributed by atoms with van der Waals surface area (Å²) in [6.45, 7) is 0. The van der Waals surface area contributed by atoms with E-state index in [0.717, 1.165) is 0 Å². The van der Waals surface area contributed by atoms with Crippen LogP contribution < -0.4 is 10.3 Å². The second kappa shape index (κ2) is 2.96. The second-order valence-corrected chi connectivity index (χ2v) is 1.92. The van der Waals surface area contributed by atoms with Crippen LogP contribution in [0.2, 0.25) is 0 Å². The highest BCUT2D eigenvalue weighted by molar-refractivity contribution is 5.77. The Labute approximate surface area is 68.1 Å². The van der Waals surface area contributed by atoms with E-state index in [1.807, 2.05) is 0 Å². The maximum Gasteiger partial charge on any atom is 0.491 e. The van der Waals surface area contributed by atoms with Crippen LogP contribution in [0.15, 0.2) is 15.4 Å². The van der Waals surface area contributed by atoms with Gasteiger partial charge in [-0.05, 0) is 0 Å². The molecule has 0 saturated carbocycles. The molecule has 0 atom stereocenters. The number of nitrogens with one attached hydrogen (secondary N) is 1. The molecule has 0 fully saturated rings. The van der Waals surface area contributed by atoms with Crippen LogP contribution in [0.4, 0.5) is 13.2 Å². The largest absolute Gasteiger partial charge is 0.491 e. The minimum absolute atomic E-state index is 0.573. The summed E-state index contributed by atoms with van der Waals surface area (Å²) in [6.07, 6.45) is -5.12. The Morgan fingerprint density at radius 3 is 2.54 bits per heavy atom. The Kier molecular flexibility index (Phi) is 2.13. The fraction of sp³-hybridized carbons (Fsp3) is 0.200. The molecule has 0 saturated heterocycles. The number of H-pyrrole nitrogens is 1. The second-order valence-electron chi connectivity index (χ2n) is 1.92. The summed E-state index contributed by atoms with van der Waals surface area (Å²) in [7, 11) is 0. The van der Waals surface area contributed by atoms with Gasteiger partial charge in [-0.15, -0.1) is 0 Å². The van der Waals surface area contributed by atoms with E-state index < -0.39 is 23.7 Å². The SMILES string of the molecule is O=C(Oc1cc(=O)[nH]o1)C(F)(F)F. The van der Waals surface area contributed by atoms with Crippen molar-refractivity contribution in [3.8, 4) is 5.95 Å². The number of aromatic amines is 1. The van der Waals surface area contributed by atoms with E-state index in [0.29, 0.717) is 6.07 Å². The lowest BCUT2D eigenvalue weighted by Crippen LogP contribution is -2.27. The first-order chi connectivity index (χ1) is 5.89. The van der Waals surface area contributed by atoms with Crippen LogP contribution in [-0.4, -0.2) is 17.3 Å². The van der Waals surface area contributed by atoms with Gasteiger partial charge in [-0.2, -0.15) is 18.3 Å². The zero-order valence-corrected chi connectivity index (χ0v) is 5.84. The van der Waals surface area contributed by atoms with Crippen molar-refractivity contribution in [2.45, 2.75) is 6.18 Å². The number of halogens is 3. The van der Waals surface area contributed by atoms with Crippen LogP contribution in [0.25, 0.3) is 0 Å². The summed E-state index contributed by atoms with van der Waals surface area (Å²) in [4.78, 5) is 20.4. The van der Waals surface area contributed by atoms with Gasteiger partial charge in [-0.25, -0.2) is 4.79 Å². The van der Waals surface area contributed by atoms with E-state index in [4.69, 9.17) is 0 Å². The molecule has 1 aromatic rings. The third kappa shape index (κ3) is 2.36. The molecule has 13 heavy (non-hydrogen) atoms. The van der Waals surface area contributed by atoms with Crippen molar-refractivity contribution in [3.63, 3.8) is 0 Å². The fourth-order valence-electron chi connectivity index (χ4n) is 0.466. The number of aromatic nitrogens is 1. The van der Waals surface area contributed by atoms with Crippen LogP contribution >= 0.6 is 0 Å². The highest BCUT2D eigenvalue weighted by atomic mass is 19.4. The smallest absolute Gasteiger partial charge is 0.384 e. The summed E-state index contributed by atoms with van der Waals surface area (Å²) in [5, 5.41) is 1.65. The predicted molar refractivity (Wildman–Crippen MR) is 31.0 cm³/mol. The van der Waals surface area contributed by atoms with Gasteiger partial charge in [-0.3, -0.25) is 4.79 Å². The van der Waals surface area contributed by atoms with Gasteiger partial charge in [0.15, 0.2) is 0 Å². The maximum absolute atomic E-state index is 11.5. The predicted octanol–water partition coefficient (Wildman–Crippen LogP) is 0.436. The van der Waals surface area contributed by atoms with Crippen molar-refractivity contribution in [1.29, 1.82) is 0 Å². The molecule has 0 aromatic carbocycles. The average Bonchev–Trinajstić information content (AvgIpc) is 2.33. The topological polar surface area (TPSA) is 72.3 Å². The first-order valence-corrected chi connectivity index (χ1v) is 2.87. The van der Waals surface area contributed by atoms with Crippen molar-refractivity contribution in [2.75, 3.05) is 0 Å². The monoisotopic (exact) mass is 197 g/mol. The maximum atomic E-state index is 11.5. The van der Waals surface area contributed by atoms with E-state index in [2.05, 4.69) is 9.26 Å². The third-order valence-corrected chi connectivity index (χ3v) is 0.926. The Hall–Kier alpha value is -1.73. The van der Waals surface area contributed by atoms with Crippen LogP contribution in [-0.2, 0) is 4.79 Å². The molecule has 0 spiro atoms. The molecule has 0 amide bonds. The lowest BCUT2D eigenvalue weighted by atomic mass is 10.6. The molecule has 0 unspecified atom stereocenters. The van der Waals surface area contributed by atoms with Gasteiger partial charge in [0, 0.05) is 0 Å². The minimum atomic E-state index is -5.12. The molecular weight excluding hydrogens is 195 g/mol. The summed E-state index contributed by atoms with van der Waals surface area (Å²) < 4.78 is 42.3. The number of carbonyl (C=O) groups excluding carboxylic acids is 1. The molecule has 0 aliphatic heterocycles. The van der Waals surface area contributed by atoms with Crippen LogP contribution in [0.3, 0.4) is 0 Å². The number of carbonyl (C=O) groups is 1. The molecule has 1 heterocycles. The van der Waals surface area contributed by atoms with Crippen molar-refractivity contribution in [1.82, 2.24) is 5.16 Å². The zero-order valence-electron chi connectivity index (χ0n) is 5.84. The van der Waals surface area contributed by atoms with Gasteiger partial charge in [0.1, 0.15) is 0 Å². The Balaban J connectivity index is 2.71. The van der Waals surface area contributed by atoms with Crippen LogP contribution in [0.1, 0.15) is 0 Å². The Bertz CT molecular complexity index is 362. The van der Waals surface area contributed by atoms with Gasteiger partial charge in [0.25, 0.3) is 5.56 Å². The number of esters is 1. The highest BCUT2D eigenvalue weighted by Crippen LogP contribution is 2.18. The molecule has 0 aliphatic carbocycles. The molecule has 1 rings (SSSR count). The highest BCUT2D eigenvalue weighted by Gasteiger charge is 2.42. The Morgan fingerprint density at radius 1 is 1.54 bits per heavy atom. The molecule has 72 valence electrons. The van der Waals surface area contributed by atoms with Crippen LogP contribution in [0, 0.1) is 0 Å². The molecule has 0 bridgehead atoms. The number of rotatable bonds is 1. The lowest BCUT2D eigenvalue weighted by molar-refractivity contribution is -0.191. The number of hydrogen-bond donors (Lipinski definition) is 1. The lowest BCUT2D eigenvalue weighted by Gasteiger charge is -2.02. The van der Waals surface area contributed by atoms with E-state index in [1.54, 1.807) is 5.16 Å².